The highest BCUT2D eigenvalue weighted by Crippen LogP contribution is 2.25. The van der Waals surface area contributed by atoms with Gasteiger partial charge in [-0.1, -0.05) is 45.0 Å². The zero-order chi connectivity index (χ0) is 14.6. The molecule has 3 N–H and O–H groups in total. The Balaban J connectivity index is 2.69. The van der Waals surface area contributed by atoms with Crippen molar-refractivity contribution >= 4 is 0 Å². The molecule has 0 spiro atoms. The quantitative estimate of drug-likeness (QED) is 0.858. The van der Waals surface area contributed by atoms with E-state index in [4.69, 9.17) is 5.73 Å². The van der Waals surface area contributed by atoms with E-state index in [1.165, 1.54) is 5.56 Å². The summed E-state index contributed by atoms with van der Waals surface area (Å²) in [4.78, 5) is 2.08. The van der Waals surface area contributed by atoms with Gasteiger partial charge in [0.2, 0.25) is 0 Å². The molecule has 0 aromatic heterocycles. The highest BCUT2D eigenvalue weighted by atomic mass is 16.3. The largest absolute Gasteiger partial charge is 0.387 e. The molecule has 19 heavy (non-hydrogen) atoms. The summed E-state index contributed by atoms with van der Waals surface area (Å²) in [6.07, 6.45) is 0.198. The summed E-state index contributed by atoms with van der Waals surface area (Å²) in [6.45, 7) is 7.43. The van der Waals surface area contributed by atoms with Gasteiger partial charge >= 0.3 is 0 Å². The van der Waals surface area contributed by atoms with Crippen molar-refractivity contribution in [2.24, 2.45) is 5.73 Å². The van der Waals surface area contributed by atoms with Crippen LogP contribution in [-0.4, -0.2) is 36.7 Å². The lowest BCUT2D eigenvalue weighted by Gasteiger charge is -2.23. The molecular weight excluding hydrogens is 236 g/mol. The van der Waals surface area contributed by atoms with Gasteiger partial charge in [0.25, 0.3) is 0 Å². The van der Waals surface area contributed by atoms with Gasteiger partial charge in [-0.3, -0.25) is 0 Å². The van der Waals surface area contributed by atoms with E-state index in [0.717, 1.165) is 18.5 Å². The number of hydrogen-bond donors (Lipinski definition) is 2. The van der Waals surface area contributed by atoms with E-state index in [-0.39, 0.29) is 11.5 Å². The molecule has 0 radical (unpaired) electrons. The molecule has 1 aromatic rings. The van der Waals surface area contributed by atoms with Crippen molar-refractivity contribution in [3.8, 4) is 0 Å². The molecule has 1 rings (SSSR count). The van der Waals surface area contributed by atoms with E-state index in [9.17, 15) is 5.11 Å². The monoisotopic (exact) mass is 264 g/mol. The fraction of sp³-hybridized carbons (Fsp3) is 0.625. The third kappa shape index (κ3) is 4.94. The molecule has 0 amide bonds. The maximum Gasteiger partial charge on any atom is 0.0941 e. The number of hydrogen-bond acceptors (Lipinski definition) is 3. The van der Waals surface area contributed by atoms with Gasteiger partial charge in [0.1, 0.15) is 0 Å². The van der Waals surface area contributed by atoms with Gasteiger partial charge in [0, 0.05) is 6.04 Å². The van der Waals surface area contributed by atoms with Gasteiger partial charge in [0.05, 0.1) is 6.10 Å². The minimum atomic E-state index is -0.589. The fourth-order valence-corrected chi connectivity index (χ4v) is 1.99. The zero-order valence-electron chi connectivity index (χ0n) is 12.9. The maximum atomic E-state index is 10.3. The van der Waals surface area contributed by atoms with E-state index in [1.54, 1.807) is 0 Å². The molecular formula is C16H28N2O. The maximum absolute atomic E-state index is 10.3. The van der Waals surface area contributed by atoms with Crippen LogP contribution in [-0.2, 0) is 5.41 Å². The second-order valence-corrected chi connectivity index (χ2v) is 6.57. The van der Waals surface area contributed by atoms with Crippen LogP contribution in [0.25, 0.3) is 0 Å². The minimum absolute atomic E-state index is 0.135. The van der Waals surface area contributed by atoms with Gasteiger partial charge < -0.3 is 15.7 Å². The lowest BCUT2D eigenvalue weighted by Crippen LogP contribution is -2.32. The van der Waals surface area contributed by atoms with Crippen molar-refractivity contribution in [3.05, 3.63) is 35.4 Å². The summed E-state index contributed by atoms with van der Waals surface area (Å²) in [5, 5.41) is 10.3. The first-order chi connectivity index (χ1) is 8.71. The smallest absolute Gasteiger partial charge is 0.0941 e. The van der Waals surface area contributed by atoms with E-state index in [0.29, 0.717) is 0 Å². The van der Waals surface area contributed by atoms with Crippen molar-refractivity contribution < 1.29 is 5.11 Å². The summed E-state index contributed by atoms with van der Waals surface area (Å²) in [7, 11) is 4.02. The van der Waals surface area contributed by atoms with Crippen molar-refractivity contribution in [1.29, 1.82) is 0 Å². The number of benzene rings is 1. The molecule has 0 saturated carbocycles. The van der Waals surface area contributed by atoms with Gasteiger partial charge in [-0.15, -0.1) is 0 Å². The molecule has 0 fully saturated rings. The molecule has 108 valence electrons. The summed E-state index contributed by atoms with van der Waals surface area (Å²) in [6, 6.07) is 7.92. The summed E-state index contributed by atoms with van der Waals surface area (Å²) >= 11 is 0. The Morgan fingerprint density at radius 3 is 2.11 bits per heavy atom. The third-order valence-corrected chi connectivity index (χ3v) is 3.43. The number of nitrogens with two attached hydrogens (primary N) is 1. The molecule has 0 bridgehead atoms. The average molecular weight is 264 g/mol. The number of nitrogens with zero attached hydrogens (tertiary/aromatic N) is 1. The summed E-state index contributed by atoms with van der Waals surface area (Å²) < 4.78 is 0. The lowest BCUT2D eigenvalue weighted by atomic mass is 9.86. The molecule has 3 nitrogen and oxygen atoms in total. The van der Waals surface area contributed by atoms with Crippen molar-refractivity contribution in [2.45, 2.75) is 44.8 Å². The van der Waals surface area contributed by atoms with E-state index in [2.05, 4.69) is 37.8 Å². The average Bonchev–Trinajstić information content (AvgIpc) is 2.34. The highest BCUT2D eigenvalue weighted by Gasteiger charge is 2.18. The molecule has 0 aliphatic rings. The minimum Gasteiger partial charge on any atom is -0.387 e. The predicted octanol–water partition coefficient (Wildman–Crippen LogP) is 2.30. The second-order valence-electron chi connectivity index (χ2n) is 6.57. The van der Waals surface area contributed by atoms with Crippen molar-refractivity contribution in [3.63, 3.8) is 0 Å². The first-order valence-corrected chi connectivity index (χ1v) is 6.90. The Labute approximate surface area is 117 Å². The van der Waals surface area contributed by atoms with E-state index >= 15 is 0 Å². The number of aliphatic hydroxyl groups is 1. The predicted molar refractivity (Wildman–Crippen MR) is 81.2 cm³/mol. The normalized spacial score (nSPS) is 15.6. The molecule has 2 atom stereocenters. The molecule has 0 saturated heterocycles. The molecule has 0 heterocycles. The first kappa shape index (κ1) is 16.2. The van der Waals surface area contributed by atoms with Gasteiger partial charge in [0.15, 0.2) is 0 Å². The Kier molecular flexibility index (Phi) is 5.53. The Bertz CT molecular complexity index is 379. The van der Waals surface area contributed by atoms with E-state index < -0.39 is 6.10 Å². The highest BCUT2D eigenvalue weighted by molar-refractivity contribution is 5.29. The van der Waals surface area contributed by atoms with Crippen LogP contribution in [0.4, 0.5) is 0 Å². The van der Waals surface area contributed by atoms with Crippen LogP contribution >= 0.6 is 0 Å². The topological polar surface area (TPSA) is 49.5 Å². The molecule has 0 aliphatic carbocycles. The van der Waals surface area contributed by atoms with Gasteiger partial charge in [-0.2, -0.15) is 0 Å². The van der Waals surface area contributed by atoms with Gasteiger partial charge in [-0.25, -0.2) is 0 Å². The van der Waals surface area contributed by atoms with Crippen LogP contribution < -0.4 is 5.73 Å². The summed E-state index contributed by atoms with van der Waals surface area (Å²) in [5.41, 5.74) is 8.35. The van der Waals surface area contributed by atoms with Crippen LogP contribution in [0.15, 0.2) is 24.3 Å². The van der Waals surface area contributed by atoms with Crippen molar-refractivity contribution in [2.75, 3.05) is 20.6 Å². The Morgan fingerprint density at radius 1 is 1.16 bits per heavy atom. The summed E-state index contributed by atoms with van der Waals surface area (Å²) in [5.74, 6) is 0. The Hall–Kier alpha value is -0.900. The SMILES string of the molecule is CN(C)CCC(N)C(O)c1ccc(C(C)(C)C)cc1. The van der Waals surface area contributed by atoms with Crippen molar-refractivity contribution in [1.82, 2.24) is 4.90 Å². The molecule has 0 aliphatic heterocycles. The fourth-order valence-electron chi connectivity index (χ4n) is 1.99. The Morgan fingerprint density at radius 2 is 1.68 bits per heavy atom. The molecule has 3 heteroatoms. The van der Waals surface area contributed by atoms with Crippen LogP contribution in [0.5, 0.6) is 0 Å². The standard InChI is InChI=1S/C16H28N2O/c1-16(2,3)13-8-6-12(7-9-13)15(19)14(17)10-11-18(4)5/h6-9,14-15,19H,10-11,17H2,1-5H3. The second kappa shape index (κ2) is 6.51. The lowest BCUT2D eigenvalue weighted by molar-refractivity contribution is 0.137. The third-order valence-electron chi connectivity index (χ3n) is 3.43. The van der Waals surface area contributed by atoms with Crippen LogP contribution in [0, 0.1) is 0 Å². The number of rotatable bonds is 5. The van der Waals surface area contributed by atoms with Crippen LogP contribution in [0.2, 0.25) is 0 Å². The molecule has 1 aromatic carbocycles. The van der Waals surface area contributed by atoms with Gasteiger partial charge in [-0.05, 0) is 43.6 Å². The van der Waals surface area contributed by atoms with Crippen LogP contribution in [0.3, 0.4) is 0 Å². The first-order valence-electron chi connectivity index (χ1n) is 6.90. The number of aliphatic hydroxyl groups excluding tert-OH is 1. The molecule has 2 unspecified atom stereocenters. The van der Waals surface area contributed by atoms with Crippen LogP contribution in [0.1, 0.15) is 44.4 Å². The zero-order valence-corrected chi connectivity index (χ0v) is 12.9. The van der Waals surface area contributed by atoms with E-state index in [1.807, 2.05) is 26.2 Å².